The number of carboxylic acid groups (broad SMARTS) is 1. The van der Waals surface area contributed by atoms with E-state index in [9.17, 15) is 9.90 Å². The fraction of sp³-hybridized carbons (Fsp3) is 0.316. The summed E-state index contributed by atoms with van der Waals surface area (Å²) < 4.78 is 2.03. The Balaban J connectivity index is 2.09. The van der Waals surface area contributed by atoms with Gasteiger partial charge in [-0.3, -0.25) is 9.69 Å². The molecule has 1 N–H and O–H groups in total. The van der Waals surface area contributed by atoms with E-state index >= 15 is 0 Å². The fourth-order valence-electron chi connectivity index (χ4n) is 3.42. The molecule has 1 heterocycles. The van der Waals surface area contributed by atoms with Gasteiger partial charge in [0.2, 0.25) is 0 Å². The second kappa shape index (κ2) is 7.81. The van der Waals surface area contributed by atoms with Gasteiger partial charge in [-0.2, -0.15) is 0 Å². The van der Waals surface area contributed by atoms with Crippen molar-refractivity contribution in [3.8, 4) is 0 Å². The first-order chi connectivity index (χ1) is 11.6. The van der Waals surface area contributed by atoms with Crippen molar-refractivity contribution in [3.63, 3.8) is 0 Å². The molecule has 2 atom stereocenters. The zero-order valence-electron chi connectivity index (χ0n) is 13.2. The number of hydrogen-bond donors (Lipinski definition) is 1. The highest BCUT2D eigenvalue weighted by Gasteiger charge is 2.35. The molecule has 0 bridgehead atoms. The third-order valence-electron chi connectivity index (χ3n) is 4.55. The smallest absolute Gasteiger partial charge is 0.320 e. The largest absolute Gasteiger partial charge is 0.480 e. The third-order valence-corrected chi connectivity index (χ3v) is 5.80. The van der Waals surface area contributed by atoms with Crippen molar-refractivity contribution in [1.29, 1.82) is 0 Å². The summed E-state index contributed by atoms with van der Waals surface area (Å²) in [5.41, 5.74) is 2.21. The second-order valence-electron chi connectivity index (χ2n) is 6.06. The molecule has 126 valence electrons. The van der Waals surface area contributed by atoms with Gasteiger partial charge in [-0.1, -0.05) is 68.6 Å². The molecule has 0 aromatic heterocycles. The highest BCUT2D eigenvalue weighted by atomic mass is 79.9. The molecule has 3 nitrogen and oxygen atoms in total. The van der Waals surface area contributed by atoms with Gasteiger partial charge in [0, 0.05) is 8.95 Å². The average Bonchev–Trinajstić information content (AvgIpc) is 2.59. The molecule has 1 fully saturated rings. The van der Waals surface area contributed by atoms with Gasteiger partial charge < -0.3 is 5.11 Å². The number of aliphatic carboxylic acids is 1. The molecule has 1 saturated heterocycles. The van der Waals surface area contributed by atoms with E-state index in [0.717, 1.165) is 39.5 Å². The van der Waals surface area contributed by atoms with E-state index in [2.05, 4.69) is 55.0 Å². The number of carbonyl (C=O) groups is 1. The number of carboxylic acids is 1. The zero-order valence-corrected chi connectivity index (χ0v) is 16.3. The van der Waals surface area contributed by atoms with Crippen LogP contribution in [0.2, 0.25) is 0 Å². The van der Waals surface area contributed by atoms with Crippen molar-refractivity contribution in [2.24, 2.45) is 0 Å². The Morgan fingerprint density at radius 3 is 2.46 bits per heavy atom. The summed E-state index contributed by atoms with van der Waals surface area (Å²) >= 11 is 7.13. The number of nitrogens with zero attached hydrogens (tertiary/aromatic N) is 1. The highest BCUT2D eigenvalue weighted by Crippen LogP contribution is 2.37. The number of halogens is 2. The molecule has 2 aromatic rings. The molecule has 0 spiro atoms. The molecule has 0 radical (unpaired) electrons. The molecular weight excluding hydrogens is 434 g/mol. The first-order valence-corrected chi connectivity index (χ1v) is 9.65. The van der Waals surface area contributed by atoms with Gasteiger partial charge in [0.15, 0.2) is 0 Å². The minimum absolute atomic E-state index is 0.0740. The first kappa shape index (κ1) is 17.6. The van der Waals surface area contributed by atoms with Gasteiger partial charge in [0.05, 0.1) is 6.04 Å². The van der Waals surface area contributed by atoms with Crippen LogP contribution in [0.15, 0.2) is 57.5 Å². The zero-order chi connectivity index (χ0) is 17.1. The van der Waals surface area contributed by atoms with Crippen LogP contribution >= 0.6 is 31.9 Å². The Kier molecular flexibility index (Phi) is 5.74. The normalized spacial score (nSPS) is 19.8. The SMILES string of the molecule is O=C(O)C1CCCCN1C(c1ccc(Br)cc1)c1ccccc1Br. The van der Waals surface area contributed by atoms with Crippen molar-refractivity contribution in [2.45, 2.75) is 31.3 Å². The summed E-state index contributed by atoms with van der Waals surface area (Å²) in [5, 5.41) is 9.70. The Morgan fingerprint density at radius 1 is 1.08 bits per heavy atom. The second-order valence-corrected chi connectivity index (χ2v) is 7.83. The summed E-state index contributed by atoms with van der Waals surface area (Å²) in [6.07, 6.45) is 2.70. The molecule has 24 heavy (non-hydrogen) atoms. The Labute approximate surface area is 158 Å². The predicted octanol–water partition coefficient (Wildman–Crippen LogP) is 5.24. The van der Waals surface area contributed by atoms with Crippen LogP contribution in [0.1, 0.15) is 36.4 Å². The predicted molar refractivity (Wildman–Crippen MR) is 102 cm³/mol. The van der Waals surface area contributed by atoms with Crippen LogP contribution in [0.3, 0.4) is 0 Å². The molecule has 0 aliphatic carbocycles. The molecule has 3 rings (SSSR count). The highest BCUT2D eigenvalue weighted by molar-refractivity contribution is 9.10. The average molecular weight is 453 g/mol. The van der Waals surface area contributed by atoms with Crippen molar-refractivity contribution >= 4 is 37.8 Å². The molecule has 2 aromatic carbocycles. The molecule has 1 aliphatic rings. The number of rotatable bonds is 4. The number of benzene rings is 2. The minimum atomic E-state index is -0.733. The van der Waals surface area contributed by atoms with E-state index in [1.807, 2.05) is 30.3 Å². The van der Waals surface area contributed by atoms with E-state index in [1.165, 1.54) is 0 Å². The molecule has 0 saturated carbocycles. The summed E-state index contributed by atoms with van der Waals surface area (Å²) in [6, 6.07) is 15.7. The fourth-order valence-corrected chi connectivity index (χ4v) is 4.19. The van der Waals surface area contributed by atoms with Crippen LogP contribution in [-0.2, 0) is 4.79 Å². The third kappa shape index (κ3) is 3.73. The molecule has 0 amide bonds. The van der Waals surface area contributed by atoms with E-state index in [1.54, 1.807) is 0 Å². The molecule has 5 heteroatoms. The van der Waals surface area contributed by atoms with Gasteiger partial charge in [-0.05, 0) is 48.7 Å². The van der Waals surface area contributed by atoms with E-state index < -0.39 is 12.0 Å². The van der Waals surface area contributed by atoms with Crippen LogP contribution in [0.25, 0.3) is 0 Å². The summed E-state index contributed by atoms with van der Waals surface area (Å²) in [7, 11) is 0. The van der Waals surface area contributed by atoms with Gasteiger partial charge in [-0.15, -0.1) is 0 Å². The number of hydrogen-bond acceptors (Lipinski definition) is 2. The quantitative estimate of drug-likeness (QED) is 0.689. The lowest BCUT2D eigenvalue weighted by atomic mass is 9.92. The van der Waals surface area contributed by atoms with Crippen LogP contribution in [0.5, 0.6) is 0 Å². The molecule has 2 unspecified atom stereocenters. The topological polar surface area (TPSA) is 40.5 Å². The van der Waals surface area contributed by atoms with Gasteiger partial charge in [0.1, 0.15) is 6.04 Å². The van der Waals surface area contributed by atoms with E-state index in [-0.39, 0.29) is 6.04 Å². The molecule has 1 aliphatic heterocycles. The van der Waals surface area contributed by atoms with Crippen LogP contribution < -0.4 is 0 Å². The maximum absolute atomic E-state index is 11.8. The van der Waals surface area contributed by atoms with Crippen LogP contribution in [-0.4, -0.2) is 28.6 Å². The minimum Gasteiger partial charge on any atom is -0.480 e. The van der Waals surface area contributed by atoms with Crippen LogP contribution in [0, 0.1) is 0 Å². The summed E-state index contributed by atoms with van der Waals surface area (Å²) in [4.78, 5) is 13.9. The van der Waals surface area contributed by atoms with Gasteiger partial charge in [-0.25, -0.2) is 0 Å². The van der Waals surface area contributed by atoms with Gasteiger partial charge in [0.25, 0.3) is 0 Å². The van der Waals surface area contributed by atoms with Crippen molar-refractivity contribution < 1.29 is 9.90 Å². The van der Waals surface area contributed by atoms with E-state index in [4.69, 9.17) is 0 Å². The van der Waals surface area contributed by atoms with Gasteiger partial charge >= 0.3 is 5.97 Å². The lowest BCUT2D eigenvalue weighted by Crippen LogP contribution is -2.46. The number of likely N-dealkylation sites (tertiary alicyclic amines) is 1. The Hall–Kier alpha value is -1.17. The Morgan fingerprint density at radius 2 is 1.79 bits per heavy atom. The Bertz CT molecular complexity index is 718. The molecular formula is C19H19Br2NO2. The maximum Gasteiger partial charge on any atom is 0.320 e. The van der Waals surface area contributed by atoms with Crippen molar-refractivity contribution in [3.05, 3.63) is 68.6 Å². The summed E-state index contributed by atoms with van der Waals surface area (Å²) in [5.74, 6) is -0.733. The van der Waals surface area contributed by atoms with Crippen molar-refractivity contribution in [2.75, 3.05) is 6.54 Å². The lowest BCUT2D eigenvalue weighted by Gasteiger charge is -2.40. The summed E-state index contributed by atoms with van der Waals surface area (Å²) in [6.45, 7) is 0.791. The standard InChI is InChI=1S/C19H19Br2NO2/c20-14-10-8-13(9-11-14)18(15-5-1-2-6-16(15)21)22-12-4-3-7-17(22)19(23)24/h1-2,5-6,8-11,17-18H,3-4,7,12H2,(H,23,24). The number of piperidine rings is 1. The lowest BCUT2D eigenvalue weighted by molar-refractivity contribution is -0.145. The van der Waals surface area contributed by atoms with Crippen molar-refractivity contribution in [1.82, 2.24) is 4.90 Å². The van der Waals surface area contributed by atoms with Crippen LogP contribution in [0.4, 0.5) is 0 Å². The van der Waals surface area contributed by atoms with E-state index in [0.29, 0.717) is 6.42 Å². The first-order valence-electron chi connectivity index (χ1n) is 8.06. The monoisotopic (exact) mass is 451 g/mol. The maximum atomic E-state index is 11.8.